The van der Waals surface area contributed by atoms with Gasteiger partial charge in [-0.1, -0.05) is 41.5 Å². The van der Waals surface area contributed by atoms with Crippen molar-refractivity contribution < 1.29 is 39.8 Å². The standard InChI is InChI=1S/C26H37NO8/c1-13(2)24(32)18(34-17(29)15-8-7-11-27-15)25(33)19(4)12-23(31)20(24,5)21(25,6)26(35-23)16(28)14(3)9-10-22(19,26)30/h7-8,11,13-14,16,18,27-28,30-33H,9-10,12H2,1-6H3/t14?,16?,18?,19-,20?,21?,22?,23?,24?,25?,26?/m0/s1. The molecule has 194 valence electrons. The van der Waals surface area contributed by atoms with Crippen molar-refractivity contribution in [2.75, 3.05) is 0 Å². The number of nitrogens with one attached hydrogen (secondary N) is 1. The number of aliphatic hydroxyl groups is 5. The number of aliphatic hydroxyl groups excluding tert-OH is 1. The first-order valence-corrected chi connectivity index (χ1v) is 12.6. The molecule has 2 saturated heterocycles. The van der Waals surface area contributed by atoms with Gasteiger partial charge in [-0.25, -0.2) is 4.79 Å². The fraction of sp³-hybridized carbons (Fsp3) is 0.808. The van der Waals surface area contributed by atoms with Crippen LogP contribution in [0.1, 0.15) is 71.3 Å². The first-order valence-electron chi connectivity index (χ1n) is 12.6. The van der Waals surface area contributed by atoms with E-state index in [0.717, 1.165) is 0 Å². The Balaban J connectivity index is 1.69. The number of esters is 1. The smallest absolute Gasteiger partial charge is 0.355 e. The molecule has 6 fully saturated rings. The summed E-state index contributed by atoms with van der Waals surface area (Å²) in [5, 5.41) is 62.0. The minimum absolute atomic E-state index is 0.150. The molecule has 7 rings (SSSR count). The van der Waals surface area contributed by atoms with Gasteiger partial charge in [0.1, 0.15) is 28.1 Å². The van der Waals surface area contributed by atoms with E-state index in [1.165, 1.54) is 6.07 Å². The Morgan fingerprint density at radius 2 is 1.83 bits per heavy atom. The van der Waals surface area contributed by atoms with Gasteiger partial charge in [0, 0.05) is 23.4 Å². The van der Waals surface area contributed by atoms with Crippen molar-refractivity contribution in [1.29, 1.82) is 0 Å². The molecule has 35 heavy (non-hydrogen) atoms. The van der Waals surface area contributed by atoms with Crippen LogP contribution in [-0.4, -0.2) is 76.9 Å². The van der Waals surface area contributed by atoms with Crippen LogP contribution >= 0.6 is 0 Å². The molecule has 4 saturated carbocycles. The molecule has 6 bridgehead atoms. The molecule has 0 radical (unpaired) electrons. The Kier molecular flexibility index (Phi) is 4.08. The number of carbonyl (C=O) groups excluding carboxylic acids is 1. The van der Waals surface area contributed by atoms with Crippen molar-refractivity contribution in [2.45, 2.75) is 101 Å². The number of rotatable bonds is 3. The van der Waals surface area contributed by atoms with E-state index in [-0.39, 0.29) is 24.5 Å². The fourth-order valence-corrected chi connectivity index (χ4v) is 10.2. The Labute approximate surface area is 204 Å². The number of aromatic amines is 1. The number of hydrogen-bond acceptors (Lipinski definition) is 8. The molecule has 0 amide bonds. The zero-order chi connectivity index (χ0) is 25.8. The van der Waals surface area contributed by atoms with Crippen LogP contribution in [0, 0.1) is 28.1 Å². The molecule has 0 aromatic carbocycles. The van der Waals surface area contributed by atoms with Crippen LogP contribution in [0.15, 0.2) is 18.3 Å². The molecule has 1 aromatic heterocycles. The summed E-state index contributed by atoms with van der Waals surface area (Å²) in [4.78, 5) is 16.0. The summed E-state index contributed by atoms with van der Waals surface area (Å²) in [6.45, 7) is 10.3. The van der Waals surface area contributed by atoms with Crippen molar-refractivity contribution in [1.82, 2.24) is 4.98 Å². The van der Waals surface area contributed by atoms with Crippen molar-refractivity contribution >= 4 is 5.97 Å². The molecule has 9 nitrogen and oxygen atoms in total. The highest BCUT2D eigenvalue weighted by molar-refractivity contribution is 5.87. The van der Waals surface area contributed by atoms with Crippen LogP contribution in [-0.2, 0) is 9.47 Å². The summed E-state index contributed by atoms with van der Waals surface area (Å²) >= 11 is 0. The van der Waals surface area contributed by atoms with Gasteiger partial charge in [0.15, 0.2) is 11.9 Å². The Morgan fingerprint density at radius 3 is 2.40 bits per heavy atom. The van der Waals surface area contributed by atoms with E-state index in [1.807, 2.05) is 6.92 Å². The lowest BCUT2D eigenvalue weighted by atomic mass is 9.47. The van der Waals surface area contributed by atoms with E-state index >= 15 is 0 Å². The molecule has 6 N–H and O–H groups in total. The van der Waals surface area contributed by atoms with E-state index < -0.39 is 68.5 Å². The highest BCUT2D eigenvalue weighted by Crippen LogP contribution is 2.93. The quantitative estimate of drug-likeness (QED) is 0.344. The lowest BCUT2D eigenvalue weighted by molar-refractivity contribution is -0.390. The van der Waals surface area contributed by atoms with Gasteiger partial charge in [0.25, 0.3) is 0 Å². The van der Waals surface area contributed by atoms with Crippen LogP contribution in [0.25, 0.3) is 0 Å². The molecule has 1 spiro atoms. The summed E-state index contributed by atoms with van der Waals surface area (Å²) in [7, 11) is 0. The zero-order valence-corrected chi connectivity index (χ0v) is 21.1. The van der Waals surface area contributed by atoms with Crippen molar-refractivity contribution in [3.63, 3.8) is 0 Å². The second-order valence-electron chi connectivity index (χ2n) is 12.8. The second kappa shape index (κ2) is 5.97. The summed E-state index contributed by atoms with van der Waals surface area (Å²) < 4.78 is 12.5. The fourth-order valence-electron chi connectivity index (χ4n) is 10.2. The third-order valence-corrected chi connectivity index (χ3v) is 12.0. The number of hydrogen-bond donors (Lipinski definition) is 6. The predicted octanol–water partition coefficient (Wildman–Crippen LogP) is 1.09. The van der Waals surface area contributed by atoms with Gasteiger partial charge in [-0.2, -0.15) is 0 Å². The molecular formula is C26H37NO8. The molecule has 2 aliphatic heterocycles. The average molecular weight is 492 g/mol. The largest absolute Gasteiger partial charge is 0.451 e. The van der Waals surface area contributed by atoms with Gasteiger partial charge >= 0.3 is 5.97 Å². The molecule has 1 aromatic rings. The van der Waals surface area contributed by atoms with Gasteiger partial charge in [0.2, 0.25) is 0 Å². The van der Waals surface area contributed by atoms with E-state index in [0.29, 0.717) is 6.42 Å². The van der Waals surface area contributed by atoms with Crippen LogP contribution < -0.4 is 0 Å². The highest BCUT2D eigenvalue weighted by atomic mass is 16.7. The van der Waals surface area contributed by atoms with Gasteiger partial charge in [-0.05, 0) is 36.8 Å². The zero-order valence-electron chi connectivity index (χ0n) is 21.1. The number of aromatic nitrogens is 1. The molecule has 10 unspecified atom stereocenters. The summed E-state index contributed by atoms with van der Waals surface area (Å²) in [5.41, 5.74) is -12.1. The van der Waals surface area contributed by atoms with Crippen LogP contribution in [0.4, 0.5) is 0 Å². The maximum Gasteiger partial charge on any atom is 0.355 e. The van der Waals surface area contributed by atoms with Gasteiger partial charge < -0.3 is 40.0 Å². The van der Waals surface area contributed by atoms with Crippen molar-refractivity contribution in [3.8, 4) is 0 Å². The number of carbonyl (C=O) groups is 1. The highest BCUT2D eigenvalue weighted by Gasteiger charge is 3.08. The van der Waals surface area contributed by atoms with E-state index in [1.54, 1.807) is 46.9 Å². The predicted molar refractivity (Wildman–Crippen MR) is 122 cm³/mol. The van der Waals surface area contributed by atoms with Gasteiger partial charge in [0.05, 0.1) is 11.5 Å². The Morgan fingerprint density at radius 1 is 1.17 bits per heavy atom. The number of ether oxygens (including phenoxy) is 2. The van der Waals surface area contributed by atoms with E-state index in [4.69, 9.17) is 9.47 Å². The molecule has 3 heterocycles. The maximum absolute atomic E-state index is 13.2. The SMILES string of the molecule is CC1CCC2(O)C3(OC4(O)C[C@]2(C)C2(O)C(OC(=O)c5ccc[nH]5)C(O)(C(C)C)C4(C)C32C)C1O. The Bertz CT molecular complexity index is 1120. The van der Waals surface area contributed by atoms with E-state index in [2.05, 4.69) is 4.98 Å². The normalized spacial score (nSPS) is 59.8. The first-order chi connectivity index (χ1) is 16.0. The van der Waals surface area contributed by atoms with Crippen LogP contribution in [0.2, 0.25) is 0 Å². The van der Waals surface area contributed by atoms with Crippen LogP contribution in [0.5, 0.6) is 0 Å². The molecule has 9 heteroatoms. The average Bonchev–Trinajstić information content (AvgIpc) is 3.41. The monoisotopic (exact) mass is 491 g/mol. The van der Waals surface area contributed by atoms with Crippen LogP contribution in [0.3, 0.4) is 0 Å². The van der Waals surface area contributed by atoms with Gasteiger partial charge in [-0.15, -0.1) is 0 Å². The first kappa shape index (κ1) is 23.9. The lowest BCUT2D eigenvalue weighted by Gasteiger charge is -2.61. The maximum atomic E-state index is 13.2. The summed E-state index contributed by atoms with van der Waals surface area (Å²) in [5.74, 6) is -3.66. The van der Waals surface area contributed by atoms with Gasteiger partial charge in [-0.3, -0.25) is 0 Å². The second-order valence-corrected chi connectivity index (χ2v) is 12.8. The summed E-state index contributed by atoms with van der Waals surface area (Å²) in [6, 6.07) is 3.17. The minimum atomic E-state index is -2.04. The summed E-state index contributed by atoms with van der Waals surface area (Å²) in [6.07, 6.45) is -0.654. The lowest BCUT2D eigenvalue weighted by Crippen LogP contribution is -2.74. The van der Waals surface area contributed by atoms with Crippen molar-refractivity contribution in [2.24, 2.45) is 28.1 Å². The number of H-pyrrole nitrogens is 1. The van der Waals surface area contributed by atoms with Crippen molar-refractivity contribution in [3.05, 3.63) is 24.0 Å². The molecule has 4 aliphatic carbocycles. The third kappa shape index (κ3) is 1.75. The molecule has 6 aliphatic rings. The Hall–Kier alpha value is -1.49. The van der Waals surface area contributed by atoms with E-state index in [9.17, 15) is 30.3 Å². The third-order valence-electron chi connectivity index (χ3n) is 12.0. The molecular weight excluding hydrogens is 454 g/mol. The minimum Gasteiger partial charge on any atom is -0.451 e. The topological polar surface area (TPSA) is 152 Å². The molecule has 11 atom stereocenters.